The second kappa shape index (κ2) is 7.06. The van der Waals surface area contributed by atoms with E-state index in [9.17, 15) is 14.4 Å². The zero-order valence-corrected chi connectivity index (χ0v) is 13.9. The number of fused-ring (bicyclic) bond motifs is 1. The summed E-state index contributed by atoms with van der Waals surface area (Å²) in [5.41, 5.74) is 0.148. The van der Waals surface area contributed by atoms with Crippen LogP contribution in [0.15, 0.2) is 76.0 Å². The van der Waals surface area contributed by atoms with Crippen molar-refractivity contribution in [1.82, 2.24) is 0 Å². The Kier molecular flexibility index (Phi) is 4.66. The number of ether oxygens (including phenoxy) is 2. The van der Waals surface area contributed by atoms with E-state index in [1.165, 1.54) is 31.2 Å². The van der Waals surface area contributed by atoms with Gasteiger partial charge in [-0.05, 0) is 31.2 Å². The molecule has 0 aliphatic carbocycles. The van der Waals surface area contributed by atoms with Crippen molar-refractivity contribution in [3.8, 4) is 11.5 Å². The second-order valence-electron chi connectivity index (χ2n) is 5.52. The van der Waals surface area contributed by atoms with Crippen molar-refractivity contribution in [1.29, 1.82) is 0 Å². The third kappa shape index (κ3) is 3.70. The molecule has 6 nitrogen and oxygen atoms in total. The molecule has 1 aromatic heterocycles. The molecular formula is C20H14O6. The molecule has 0 aliphatic rings. The maximum absolute atomic E-state index is 12.3. The summed E-state index contributed by atoms with van der Waals surface area (Å²) in [6.07, 6.45) is 0. The lowest BCUT2D eigenvalue weighted by molar-refractivity contribution is -0.130. The number of rotatable bonds is 4. The van der Waals surface area contributed by atoms with Gasteiger partial charge in [0.05, 0.1) is 5.56 Å². The topological polar surface area (TPSA) is 82.8 Å². The lowest BCUT2D eigenvalue weighted by atomic mass is 10.2. The van der Waals surface area contributed by atoms with Gasteiger partial charge in [-0.1, -0.05) is 24.8 Å². The van der Waals surface area contributed by atoms with E-state index in [-0.39, 0.29) is 22.7 Å². The van der Waals surface area contributed by atoms with Crippen molar-refractivity contribution < 1.29 is 23.5 Å². The number of benzene rings is 2. The van der Waals surface area contributed by atoms with Gasteiger partial charge in [0.25, 0.3) is 0 Å². The zero-order chi connectivity index (χ0) is 18.7. The minimum atomic E-state index is -0.695. The Bertz CT molecular complexity index is 1060. The van der Waals surface area contributed by atoms with Crippen molar-refractivity contribution in [2.24, 2.45) is 0 Å². The second-order valence-corrected chi connectivity index (χ2v) is 5.52. The van der Waals surface area contributed by atoms with Crippen LogP contribution in [0.25, 0.3) is 11.0 Å². The molecule has 26 heavy (non-hydrogen) atoms. The van der Waals surface area contributed by atoms with Crippen molar-refractivity contribution in [2.75, 3.05) is 0 Å². The lowest BCUT2D eigenvalue weighted by Crippen LogP contribution is -2.12. The van der Waals surface area contributed by atoms with E-state index >= 15 is 0 Å². The molecule has 1 heterocycles. The van der Waals surface area contributed by atoms with Gasteiger partial charge in [-0.25, -0.2) is 14.4 Å². The highest BCUT2D eigenvalue weighted by atomic mass is 16.6. The number of hydrogen-bond donors (Lipinski definition) is 0. The molecule has 0 unspecified atom stereocenters. The van der Waals surface area contributed by atoms with Crippen molar-refractivity contribution in [3.63, 3.8) is 0 Å². The Labute approximate surface area is 148 Å². The number of esters is 2. The van der Waals surface area contributed by atoms with Gasteiger partial charge in [0.15, 0.2) is 11.5 Å². The fourth-order valence-electron chi connectivity index (χ4n) is 2.16. The van der Waals surface area contributed by atoms with Gasteiger partial charge in [0.1, 0.15) is 5.58 Å². The Morgan fingerprint density at radius 2 is 1.65 bits per heavy atom. The van der Waals surface area contributed by atoms with E-state index in [0.717, 1.165) is 0 Å². The molecule has 0 spiro atoms. The van der Waals surface area contributed by atoms with Crippen LogP contribution in [-0.2, 0) is 4.79 Å². The first-order valence-corrected chi connectivity index (χ1v) is 7.67. The van der Waals surface area contributed by atoms with E-state index in [1.807, 2.05) is 0 Å². The average Bonchev–Trinajstić information content (AvgIpc) is 2.62. The summed E-state index contributed by atoms with van der Waals surface area (Å²) in [5.74, 6) is -1.34. The van der Waals surface area contributed by atoms with E-state index < -0.39 is 17.6 Å². The maximum Gasteiger partial charge on any atom is 0.343 e. The van der Waals surface area contributed by atoms with E-state index in [4.69, 9.17) is 13.9 Å². The third-order valence-corrected chi connectivity index (χ3v) is 3.45. The van der Waals surface area contributed by atoms with Gasteiger partial charge in [-0.2, -0.15) is 0 Å². The maximum atomic E-state index is 12.3. The van der Waals surface area contributed by atoms with Gasteiger partial charge in [-0.15, -0.1) is 0 Å². The third-order valence-electron chi connectivity index (χ3n) is 3.45. The average molecular weight is 350 g/mol. The molecule has 0 saturated carbocycles. The minimum Gasteiger partial charge on any atom is -0.423 e. The molecule has 0 atom stereocenters. The first-order chi connectivity index (χ1) is 12.4. The summed E-state index contributed by atoms with van der Waals surface area (Å²) in [7, 11) is 0. The summed E-state index contributed by atoms with van der Waals surface area (Å²) in [6.45, 7) is 5.00. The number of carbonyl (C=O) groups is 2. The normalized spacial score (nSPS) is 10.3. The molecule has 130 valence electrons. The first kappa shape index (κ1) is 17.2. The van der Waals surface area contributed by atoms with Gasteiger partial charge in [-0.3, -0.25) is 0 Å². The van der Waals surface area contributed by atoms with E-state index in [0.29, 0.717) is 10.9 Å². The summed E-state index contributed by atoms with van der Waals surface area (Å²) in [6, 6.07) is 13.9. The quantitative estimate of drug-likeness (QED) is 0.310. The summed E-state index contributed by atoms with van der Waals surface area (Å²) in [5, 5.41) is 0.510. The van der Waals surface area contributed by atoms with Crippen LogP contribution in [-0.4, -0.2) is 11.9 Å². The molecule has 0 amide bonds. The van der Waals surface area contributed by atoms with Gasteiger partial charge < -0.3 is 13.9 Å². The molecule has 0 aliphatic heterocycles. The molecule has 0 N–H and O–H groups in total. The summed E-state index contributed by atoms with van der Waals surface area (Å²) >= 11 is 0. The molecule has 0 fully saturated rings. The van der Waals surface area contributed by atoms with Crippen LogP contribution in [0, 0.1) is 0 Å². The first-order valence-electron chi connectivity index (χ1n) is 7.67. The highest BCUT2D eigenvalue weighted by molar-refractivity contribution is 5.94. The predicted octanol–water partition coefficient (Wildman–Crippen LogP) is 3.49. The fourth-order valence-corrected chi connectivity index (χ4v) is 2.16. The van der Waals surface area contributed by atoms with Crippen LogP contribution < -0.4 is 15.1 Å². The van der Waals surface area contributed by atoms with Crippen LogP contribution in [0.1, 0.15) is 17.3 Å². The van der Waals surface area contributed by atoms with Crippen LogP contribution in [0.5, 0.6) is 11.5 Å². The van der Waals surface area contributed by atoms with E-state index in [2.05, 4.69) is 6.58 Å². The summed E-state index contributed by atoms with van der Waals surface area (Å²) in [4.78, 5) is 35.6. The largest absolute Gasteiger partial charge is 0.423 e. The minimum absolute atomic E-state index is 0.0230. The molecule has 6 heteroatoms. The highest BCUT2D eigenvalue weighted by Gasteiger charge is 2.17. The molecule has 2 aromatic carbocycles. The van der Waals surface area contributed by atoms with Gasteiger partial charge in [0.2, 0.25) is 0 Å². The van der Waals surface area contributed by atoms with Crippen LogP contribution >= 0.6 is 0 Å². The van der Waals surface area contributed by atoms with Crippen molar-refractivity contribution >= 4 is 22.9 Å². The van der Waals surface area contributed by atoms with Crippen LogP contribution in [0.4, 0.5) is 0 Å². The Morgan fingerprint density at radius 1 is 0.962 bits per heavy atom. The molecule has 0 radical (unpaired) electrons. The lowest BCUT2D eigenvalue weighted by Gasteiger charge is -2.11. The number of carbonyl (C=O) groups excluding carboxylic acids is 2. The van der Waals surface area contributed by atoms with Gasteiger partial charge >= 0.3 is 17.6 Å². The van der Waals surface area contributed by atoms with Crippen LogP contribution in [0.3, 0.4) is 0 Å². The summed E-state index contributed by atoms with van der Waals surface area (Å²) < 4.78 is 15.7. The smallest absolute Gasteiger partial charge is 0.343 e. The van der Waals surface area contributed by atoms with Crippen molar-refractivity contribution in [3.05, 3.63) is 82.7 Å². The SMILES string of the molecule is C=C(C)C(=O)Oc1cc2oc(=O)ccc2cc1OC(=O)c1ccccc1. The highest BCUT2D eigenvalue weighted by Crippen LogP contribution is 2.33. The monoisotopic (exact) mass is 350 g/mol. The standard InChI is InChI=1S/C20H14O6/c1-12(2)19(22)25-17-11-15-14(8-9-18(21)24-15)10-16(17)26-20(23)13-6-4-3-5-7-13/h3-11H,1H2,2H3. The van der Waals surface area contributed by atoms with Crippen molar-refractivity contribution in [2.45, 2.75) is 6.92 Å². The van der Waals surface area contributed by atoms with Crippen LogP contribution in [0.2, 0.25) is 0 Å². The molecular weight excluding hydrogens is 336 g/mol. The Morgan fingerprint density at radius 3 is 2.35 bits per heavy atom. The number of hydrogen-bond acceptors (Lipinski definition) is 6. The molecule has 0 saturated heterocycles. The Hall–Kier alpha value is -3.67. The molecule has 3 aromatic rings. The van der Waals surface area contributed by atoms with E-state index in [1.54, 1.807) is 30.3 Å². The predicted molar refractivity (Wildman–Crippen MR) is 94.3 cm³/mol. The Balaban J connectivity index is 2.04. The molecule has 0 bridgehead atoms. The molecule has 3 rings (SSSR count). The zero-order valence-electron chi connectivity index (χ0n) is 13.9. The fraction of sp³-hybridized carbons (Fsp3) is 0.0500. The van der Waals surface area contributed by atoms with Gasteiger partial charge in [0, 0.05) is 23.1 Å².